The third kappa shape index (κ3) is 4.58. The Morgan fingerprint density at radius 1 is 1.11 bits per heavy atom. The van der Waals surface area contributed by atoms with Gasteiger partial charge in [0.05, 0.1) is 5.56 Å². The molecule has 2 saturated heterocycles. The van der Waals surface area contributed by atoms with Crippen molar-refractivity contribution in [2.24, 2.45) is 5.92 Å². The smallest absolute Gasteiger partial charge is 0.256 e. The standard InChI is InChI=1S/C19H25F2N3O2.ClH/c1-12-13(2)24(10-7-22-12)18(25)14-5-8-23(9-6-14)19(26)16-4-3-15(20)11-17(16)21;/h3-4,11-14,22H,5-10H2,1-2H3;1H. The Balaban J connectivity index is 0.00000261. The van der Waals surface area contributed by atoms with Gasteiger partial charge in [0.15, 0.2) is 0 Å². The summed E-state index contributed by atoms with van der Waals surface area (Å²) in [5.74, 6) is -1.96. The first-order valence-electron chi connectivity index (χ1n) is 9.16. The summed E-state index contributed by atoms with van der Waals surface area (Å²) in [5.41, 5.74) is -0.124. The number of piperazine rings is 1. The summed E-state index contributed by atoms with van der Waals surface area (Å²) in [6.07, 6.45) is 1.14. The molecule has 0 spiro atoms. The van der Waals surface area contributed by atoms with Crippen LogP contribution in [-0.2, 0) is 4.79 Å². The fraction of sp³-hybridized carbons (Fsp3) is 0.579. The Morgan fingerprint density at radius 2 is 1.78 bits per heavy atom. The van der Waals surface area contributed by atoms with Gasteiger partial charge in [-0.1, -0.05) is 0 Å². The van der Waals surface area contributed by atoms with E-state index in [1.807, 2.05) is 11.8 Å². The average molecular weight is 402 g/mol. The van der Waals surface area contributed by atoms with Crippen LogP contribution in [0.4, 0.5) is 8.78 Å². The maximum atomic E-state index is 13.8. The molecular formula is C19H26ClF2N3O2. The van der Waals surface area contributed by atoms with Gasteiger partial charge in [0.1, 0.15) is 11.6 Å². The minimum Gasteiger partial charge on any atom is -0.339 e. The topological polar surface area (TPSA) is 52.7 Å². The summed E-state index contributed by atoms with van der Waals surface area (Å²) >= 11 is 0. The Kier molecular flexibility index (Phi) is 7.17. The number of piperidine rings is 1. The molecule has 2 aliphatic rings. The van der Waals surface area contributed by atoms with Crippen molar-refractivity contribution in [2.75, 3.05) is 26.2 Å². The van der Waals surface area contributed by atoms with Gasteiger partial charge in [-0.15, -0.1) is 12.4 Å². The number of rotatable bonds is 2. The van der Waals surface area contributed by atoms with Gasteiger partial charge in [0.25, 0.3) is 5.91 Å². The highest BCUT2D eigenvalue weighted by atomic mass is 35.5. The summed E-state index contributed by atoms with van der Waals surface area (Å²) < 4.78 is 26.8. The van der Waals surface area contributed by atoms with Crippen molar-refractivity contribution in [2.45, 2.75) is 38.8 Å². The highest BCUT2D eigenvalue weighted by molar-refractivity contribution is 5.94. The molecule has 2 heterocycles. The fourth-order valence-corrected chi connectivity index (χ4v) is 3.76. The Bertz CT molecular complexity index is 696. The van der Waals surface area contributed by atoms with Crippen LogP contribution in [0, 0.1) is 17.6 Å². The van der Waals surface area contributed by atoms with E-state index < -0.39 is 17.5 Å². The molecule has 0 aliphatic carbocycles. The van der Waals surface area contributed by atoms with Gasteiger partial charge in [0.2, 0.25) is 5.91 Å². The molecule has 1 aromatic carbocycles. The summed E-state index contributed by atoms with van der Waals surface area (Å²) in [6, 6.07) is 3.38. The quantitative estimate of drug-likeness (QED) is 0.828. The minimum atomic E-state index is -0.850. The molecule has 2 fully saturated rings. The molecule has 1 aromatic rings. The second kappa shape index (κ2) is 8.97. The predicted octanol–water partition coefficient (Wildman–Crippen LogP) is 2.45. The van der Waals surface area contributed by atoms with Gasteiger partial charge in [-0.3, -0.25) is 9.59 Å². The van der Waals surface area contributed by atoms with Crippen LogP contribution in [0.25, 0.3) is 0 Å². The molecule has 2 unspecified atom stereocenters. The number of carbonyl (C=O) groups is 2. The molecule has 2 atom stereocenters. The second-order valence-electron chi connectivity index (χ2n) is 7.21. The van der Waals surface area contributed by atoms with E-state index in [9.17, 15) is 18.4 Å². The highest BCUT2D eigenvalue weighted by Gasteiger charge is 2.35. The lowest BCUT2D eigenvalue weighted by Gasteiger charge is -2.41. The number of likely N-dealkylation sites (tertiary alicyclic amines) is 1. The van der Waals surface area contributed by atoms with E-state index in [0.717, 1.165) is 18.7 Å². The molecule has 2 amide bonds. The van der Waals surface area contributed by atoms with Crippen LogP contribution >= 0.6 is 12.4 Å². The number of benzene rings is 1. The zero-order chi connectivity index (χ0) is 18.8. The van der Waals surface area contributed by atoms with E-state index in [2.05, 4.69) is 12.2 Å². The van der Waals surface area contributed by atoms with Crippen molar-refractivity contribution in [1.29, 1.82) is 0 Å². The maximum absolute atomic E-state index is 13.8. The first-order valence-corrected chi connectivity index (χ1v) is 9.16. The van der Waals surface area contributed by atoms with Crippen molar-refractivity contribution in [3.63, 3.8) is 0 Å². The van der Waals surface area contributed by atoms with Crippen molar-refractivity contribution in [3.05, 3.63) is 35.4 Å². The molecule has 150 valence electrons. The van der Waals surface area contributed by atoms with Gasteiger partial charge in [-0.05, 0) is 38.8 Å². The Labute approximate surface area is 164 Å². The summed E-state index contributed by atoms with van der Waals surface area (Å²) in [4.78, 5) is 28.8. The monoisotopic (exact) mass is 401 g/mol. The largest absolute Gasteiger partial charge is 0.339 e. The van der Waals surface area contributed by atoms with Crippen LogP contribution in [0.5, 0.6) is 0 Å². The van der Waals surface area contributed by atoms with Crippen molar-refractivity contribution in [1.82, 2.24) is 15.1 Å². The lowest BCUT2D eigenvalue weighted by Crippen LogP contribution is -2.59. The van der Waals surface area contributed by atoms with Gasteiger partial charge in [0, 0.05) is 50.2 Å². The summed E-state index contributed by atoms with van der Waals surface area (Å²) in [6.45, 7) is 6.42. The SMILES string of the molecule is CC1NCCN(C(=O)C2CCN(C(=O)c3ccc(F)cc3F)CC2)C1C.Cl. The molecule has 2 aliphatic heterocycles. The van der Waals surface area contributed by atoms with Crippen molar-refractivity contribution < 1.29 is 18.4 Å². The van der Waals surface area contributed by atoms with E-state index in [-0.39, 0.29) is 41.9 Å². The lowest BCUT2D eigenvalue weighted by atomic mass is 9.93. The lowest BCUT2D eigenvalue weighted by molar-refractivity contribution is -0.140. The number of nitrogens with zero attached hydrogens (tertiary/aromatic N) is 2. The Morgan fingerprint density at radius 3 is 2.41 bits per heavy atom. The van der Waals surface area contributed by atoms with Crippen LogP contribution in [0.1, 0.15) is 37.0 Å². The average Bonchev–Trinajstić information content (AvgIpc) is 2.63. The molecular weight excluding hydrogens is 376 g/mol. The third-order valence-electron chi connectivity index (χ3n) is 5.61. The predicted molar refractivity (Wildman–Crippen MR) is 101 cm³/mol. The first-order chi connectivity index (χ1) is 12.4. The van der Waals surface area contributed by atoms with Gasteiger partial charge < -0.3 is 15.1 Å². The van der Waals surface area contributed by atoms with Crippen LogP contribution < -0.4 is 5.32 Å². The molecule has 0 radical (unpaired) electrons. The van der Waals surface area contributed by atoms with E-state index in [0.29, 0.717) is 32.5 Å². The van der Waals surface area contributed by atoms with E-state index in [1.165, 1.54) is 6.07 Å². The minimum absolute atomic E-state index is 0. The summed E-state index contributed by atoms with van der Waals surface area (Å²) in [7, 11) is 0. The molecule has 0 saturated carbocycles. The molecule has 27 heavy (non-hydrogen) atoms. The molecule has 5 nitrogen and oxygen atoms in total. The van der Waals surface area contributed by atoms with E-state index >= 15 is 0 Å². The number of halogens is 3. The second-order valence-corrected chi connectivity index (χ2v) is 7.21. The van der Waals surface area contributed by atoms with Crippen LogP contribution in [-0.4, -0.2) is 59.9 Å². The highest BCUT2D eigenvalue weighted by Crippen LogP contribution is 2.24. The number of nitrogens with one attached hydrogen (secondary N) is 1. The third-order valence-corrected chi connectivity index (χ3v) is 5.61. The van der Waals surface area contributed by atoms with E-state index in [1.54, 1.807) is 4.90 Å². The number of hydrogen-bond acceptors (Lipinski definition) is 3. The van der Waals surface area contributed by atoms with Gasteiger partial charge in [-0.2, -0.15) is 0 Å². The van der Waals surface area contributed by atoms with Crippen molar-refractivity contribution >= 4 is 24.2 Å². The fourth-order valence-electron chi connectivity index (χ4n) is 3.76. The van der Waals surface area contributed by atoms with Gasteiger partial charge in [-0.25, -0.2) is 8.78 Å². The summed E-state index contributed by atoms with van der Waals surface area (Å²) in [5, 5.41) is 3.36. The zero-order valence-electron chi connectivity index (χ0n) is 15.6. The normalized spacial score (nSPS) is 23.7. The molecule has 8 heteroatoms. The molecule has 1 N–H and O–H groups in total. The Hall–Kier alpha value is -1.73. The van der Waals surface area contributed by atoms with E-state index in [4.69, 9.17) is 0 Å². The molecule has 0 aromatic heterocycles. The van der Waals surface area contributed by atoms with Crippen molar-refractivity contribution in [3.8, 4) is 0 Å². The number of amides is 2. The zero-order valence-corrected chi connectivity index (χ0v) is 16.4. The molecule has 0 bridgehead atoms. The maximum Gasteiger partial charge on any atom is 0.256 e. The number of hydrogen-bond donors (Lipinski definition) is 1. The molecule has 3 rings (SSSR count). The van der Waals surface area contributed by atoms with Crippen LogP contribution in [0.2, 0.25) is 0 Å². The van der Waals surface area contributed by atoms with Crippen LogP contribution in [0.15, 0.2) is 18.2 Å². The van der Waals surface area contributed by atoms with Gasteiger partial charge >= 0.3 is 0 Å². The van der Waals surface area contributed by atoms with Crippen LogP contribution in [0.3, 0.4) is 0 Å². The first kappa shape index (κ1) is 21.6. The number of carbonyl (C=O) groups excluding carboxylic acids is 2.